The summed E-state index contributed by atoms with van der Waals surface area (Å²) in [6, 6.07) is 0. The van der Waals surface area contributed by atoms with Gasteiger partial charge in [0, 0.05) is 11.9 Å². The fraction of sp³-hybridized carbons (Fsp3) is 0.462. The first-order valence-corrected chi connectivity index (χ1v) is 6.27. The number of hydrogen-bond acceptors (Lipinski definition) is 1. The molecule has 3 heteroatoms. The number of rotatable bonds is 4. The predicted molar refractivity (Wildman–Crippen MR) is 69.9 cm³/mol. The molecule has 1 unspecified atom stereocenters. The number of aromatic amines is 2. The van der Waals surface area contributed by atoms with Crippen LogP contribution in [0.2, 0.25) is 0 Å². The van der Waals surface area contributed by atoms with Gasteiger partial charge in [-0.05, 0) is 50.7 Å². The number of nitrogens with one attached hydrogen (secondary N) is 2. The summed E-state index contributed by atoms with van der Waals surface area (Å²) in [7, 11) is 0. The molecular formula is C13H18N2S. The highest BCUT2D eigenvalue weighted by Crippen LogP contribution is 2.30. The van der Waals surface area contributed by atoms with Crippen molar-refractivity contribution in [1.82, 2.24) is 9.97 Å². The van der Waals surface area contributed by atoms with Gasteiger partial charge in [-0.2, -0.15) is 0 Å². The van der Waals surface area contributed by atoms with E-state index in [1.807, 2.05) is 6.20 Å². The minimum atomic E-state index is 0.692. The van der Waals surface area contributed by atoms with Gasteiger partial charge >= 0.3 is 0 Å². The smallest absolute Gasteiger partial charge is 0.174 e. The van der Waals surface area contributed by atoms with Gasteiger partial charge in [0.2, 0.25) is 0 Å². The maximum absolute atomic E-state index is 5.04. The minimum absolute atomic E-state index is 0.692. The molecule has 1 aliphatic rings. The molecule has 1 aromatic heterocycles. The molecule has 1 aliphatic carbocycles. The molecule has 0 saturated carbocycles. The fourth-order valence-electron chi connectivity index (χ4n) is 2.31. The van der Waals surface area contributed by atoms with Crippen LogP contribution in [-0.2, 0) is 6.42 Å². The van der Waals surface area contributed by atoms with E-state index in [9.17, 15) is 0 Å². The van der Waals surface area contributed by atoms with Crippen molar-refractivity contribution in [3.63, 3.8) is 0 Å². The minimum Gasteiger partial charge on any atom is -0.337 e. The normalized spacial score (nSPS) is 20.6. The van der Waals surface area contributed by atoms with Gasteiger partial charge < -0.3 is 9.97 Å². The predicted octanol–water partition coefficient (Wildman–Crippen LogP) is 3.92. The molecule has 2 N–H and O–H groups in total. The lowest BCUT2D eigenvalue weighted by Crippen LogP contribution is -2.03. The highest BCUT2D eigenvalue weighted by atomic mass is 32.1. The lowest BCUT2D eigenvalue weighted by molar-refractivity contribution is 0.586. The molecule has 86 valence electrons. The molecule has 1 atom stereocenters. The summed E-state index contributed by atoms with van der Waals surface area (Å²) in [6.07, 6.45) is 13.4. The maximum atomic E-state index is 5.04. The highest BCUT2D eigenvalue weighted by molar-refractivity contribution is 7.71. The summed E-state index contributed by atoms with van der Waals surface area (Å²) in [4.78, 5) is 6.22. The lowest BCUT2D eigenvalue weighted by atomic mass is 9.94. The van der Waals surface area contributed by atoms with Gasteiger partial charge in [-0.25, -0.2) is 0 Å². The Labute approximate surface area is 101 Å². The number of imidazole rings is 1. The summed E-state index contributed by atoms with van der Waals surface area (Å²) in [5.74, 6) is 0.692. The lowest BCUT2D eigenvalue weighted by Gasteiger charge is -2.12. The Morgan fingerprint density at radius 2 is 2.44 bits per heavy atom. The Kier molecular flexibility index (Phi) is 3.78. The summed E-state index contributed by atoms with van der Waals surface area (Å²) in [5.41, 5.74) is 2.81. The van der Waals surface area contributed by atoms with Crippen LogP contribution in [0.3, 0.4) is 0 Å². The molecule has 0 aromatic carbocycles. The zero-order chi connectivity index (χ0) is 11.4. The van der Waals surface area contributed by atoms with Gasteiger partial charge in [0.05, 0.1) is 0 Å². The number of H-pyrrole nitrogens is 2. The van der Waals surface area contributed by atoms with Crippen LogP contribution in [0, 0.1) is 10.7 Å². The average molecular weight is 234 g/mol. The first-order chi connectivity index (χ1) is 7.79. The van der Waals surface area contributed by atoms with Crippen molar-refractivity contribution in [3.05, 3.63) is 40.5 Å². The molecule has 2 rings (SSSR count). The molecule has 0 amide bonds. The van der Waals surface area contributed by atoms with Gasteiger partial charge in [0.25, 0.3) is 0 Å². The Hall–Kier alpha value is -1.09. The van der Waals surface area contributed by atoms with E-state index in [0.717, 1.165) is 17.6 Å². The maximum Gasteiger partial charge on any atom is 0.174 e. The number of hydrogen-bond donors (Lipinski definition) is 2. The van der Waals surface area contributed by atoms with Crippen LogP contribution in [0.4, 0.5) is 0 Å². The third-order valence-electron chi connectivity index (χ3n) is 3.15. The summed E-state index contributed by atoms with van der Waals surface area (Å²) in [5, 5.41) is 0. The second-order valence-electron chi connectivity index (χ2n) is 4.30. The van der Waals surface area contributed by atoms with Crippen LogP contribution in [0.5, 0.6) is 0 Å². The number of allylic oxidation sites excluding steroid dienone is 4. The SMILES string of the molecule is C/C=C\CC1=CCCC1Cc1c[nH]c(=S)[nH]1. The second kappa shape index (κ2) is 5.30. The summed E-state index contributed by atoms with van der Waals surface area (Å²) < 4.78 is 0.729. The van der Waals surface area contributed by atoms with Gasteiger partial charge in [0.1, 0.15) is 0 Å². The zero-order valence-electron chi connectivity index (χ0n) is 9.62. The molecule has 0 aliphatic heterocycles. The van der Waals surface area contributed by atoms with E-state index in [-0.39, 0.29) is 0 Å². The van der Waals surface area contributed by atoms with Crippen LogP contribution in [0.1, 0.15) is 31.9 Å². The molecule has 0 saturated heterocycles. The van der Waals surface area contributed by atoms with E-state index < -0.39 is 0 Å². The van der Waals surface area contributed by atoms with Crippen molar-refractivity contribution < 1.29 is 0 Å². The molecule has 2 nitrogen and oxygen atoms in total. The van der Waals surface area contributed by atoms with E-state index in [2.05, 4.69) is 35.1 Å². The van der Waals surface area contributed by atoms with Crippen LogP contribution >= 0.6 is 12.2 Å². The van der Waals surface area contributed by atoms with Gasteiger partial charge in [-0.15, -0.1) is 0 Å². The monoisotopic (exact) mass is 234 g/mol. The van der Waals surface area contributed by atoms with Crippen LogP contribution in [0.25, 0.3) is 0 Å². The van der Waals surface area contributed by atoms with Crippen molar-refractivity contribution in [2.24, 2.45) is 5.92 Å². The van der Waals surface area contributed by atoms with Crippen molar-refractivity contribution in [3.8, 4) is 0 Å². The third kappa shape index (κ3) is 2.73. The number of aromatic nitrogens is 2. The third-order valence-corrected chi connectivity index (χ3v) is 3.37. The second-order valence-corrected chi connectivity index (χ2v) is 4.71. The molecule has 16 heavy (non-hydrogen) atoms. The van der Waals surface area contributed by atoms with Gasteiger partial charge in [-0.1, -0.05) is 23.8 Å². The van der Waals surface area contributed by atoms with Gasteiger partial charge in [-0.3, -0.25) is 0 Å². The van der Waals surface area contributed by atoms with Crippen LogP contribution in [-0.4, -0.2) is 9.97 Å². The highest BCUT2D eigenvalue weighted by Gasteiger charge is 2.18. The molecule has 0 bridgehead atoms. The molecule has 1 aromatic rings. The molecule has 1 heterocycles. The van der Waals surface area contributed by atoms with Crippen molar-refractivity contribution in [2.45, 2.75) is 32.6 Å². The molecular weight excluding hydrogens is 216 g/mol. The van der Waals surface area contributed by atoms with Crippen LogP contribution in [0.15, 0.2) is 30.0 Å². The van der Waals surface area contributed by atoms with E-state index in [4.69, 9.17) is 12.2 Å². The van der Waals surface area contributed by atoms with E-state index >= 15 is 0 Å². The fourth-order valence-corrected chi connectivity index (χ4v) is 2.50. The quantitative estimate of drug-likeness (QED) is 0.600. The molecule has 0 radical (unpaired) electrons. The van der Waals surface area contributed by atoms with E-state index in [1.54, 1.807) is 5.57 Å². The largest absolute Gasteiger partial charge is 0.337 e. The Morgan fingerprint density at radius 3 is 3.12 bits per heavy atom. The van der Waals surface area contributed by atoms with Crippen molar-refractivity contribution in [2.75, 3.05) is 0 Å². The summed E-state index contributed by atoms with van der Waals surface area (Å²) in [6.45, 7) is 2.08. The standard InChI is InChI=1S/C13H18N2S/c1-2-3-5-10-6-4-7-11(10)8-12-9-14-13(16)15-12/h2-3,6,9,11H,4-5,7-8H2,1H3,(H2,14,15,16)/b3-2-. The van der Waals surface area contributed by atoms with Gasteiger partial charge in [0.15, 0.2) is 4.77 Å². The zero-order valence-corrected chi connectivity index (χ0v) is 10.4. The van der Waals surface area contributed by atoms with Crippen LogP contribution < -0.4 is 0 Å². The first kappa shape index (κ1) is 11.4. The Morgan fingerprint density at radius 1 is 1.56 bits per heavy atom. The topological polar surface area (TPSA) is 31.6 Å². The molecule has 0 spiro atoms. The first-order valence-electron chi connectivity index (χ1n) is 5.86. The molecule has 0 fully saturated rings. The average Bonchev–Trinajstić information content (AvgIpc) is 2.86. The Bertz CT molecular complexity index is 450. The summed E-state index contributed by atoms with van der Waals surface area (Å²) >= 11 is 5.04. The van der Waals surface area contributed by atoms with E-state index in [0.29, 0.717) is 5.92 Å². The Balaban J connectivity index is 1.99. The van der Waals surface area contributed by atoms with Crippen molar-refractivity contribution in [1.29, 1.82) is 0 Å². The van der Waals surface area contributed by atoms with Crippen molar-refractivity contribution >= 4 is 12.2 Å². The van der Waals surface area contributed by atoms with E-state index in [1.165, 1.54) is 18.5 Å².